The number of carbonyl (C=O) groups excluding carboxylic acids is 5. The first-order chi connectivity index (χ1) is 30.6. The van der Waals surface area contributed by atoms with Crippen LogP contribution in [0.5, 0.6) is 0 Å². The van der Waals surface area contributed by atoms with E-state index in [2.05, 4.69) is 60.4 Å². The van der Waals surface area contributed by atoms with Gasteiger partial charge in [-0.25, -0.2) is 9.97 Å². The number of carbonyl (C=O) groups is 5. The van der Waals surface area contributed by atoms with Crippen molar-refractivity contribution < 1.29 is 33.3 Å². The van der Waals surface area contributed by atoms with Gasteiger partial charge in [0.1, 0.15) is 0 Å². The van der Waals surface area contributed by atoms with Crippen molar-refractivity contribution in [3.8, 4) is 11.4 Å². The molecule has 64 heavy (non-hydrogen) atoms. The summed E-state index contributed by atoms with van der Waals surface area (Å²) in [5, 5.41) is 5.85. The summed E-state index contributed by atoms with van der Waals surface area (Å²) in [4.78, 5) is 77.7. The molecule has 8 N–H and O–H groups in total. The van der Waals surface area contributed by atoms with E-state index in [-0.39, 0.29) is 78.1 Å². The molecule has 15 heteroatoms. The molecule has 2 amide bonds. The van der Waals surface area contributed by atoms with Crippen LogP contribution in [0.1, 0.15) is 147 Å². The van der Waals surface area contributed by atoms with Crippen molar-refractivity contribution in [1.82, 2.24) is 20.6 Å². The quantitative estimate of drug-likeness (QED) is 0.0381. The van der Waals surface area contributed by atoms with Crippen molar-refractivity contribution in [2.75, 3.05) is 19.6 Å². The van der Waals surface area contributed by atoms with E-state index >= 15 is 0 Å². The molecule has 1 saturated heterocycles. The fourth-order valence-electron chi connectivity index (χ4n) is 10.1. The lowest BCUT2D eigenvalue weighted by Gasteiger charge is -2.64. The third kappa shape index (κ3) is 12.7. The second-order valence-corrected chi connectivity index (χ2v) is 19.7. The van der Waals surface area contributed by atoms with Crippen molar-refractivity contribution >= 4 is 36.3 Å². The predicted octanol–water partition coefficient (Wildman–Crippen LogP) is 5.92. The zero-order valence-electron chi connectivity index (χ0n) is 39.4. The maximum atomic E-state index is 13.9. The molecule has 14 nitrogen and oxygen atoms in total. The molecule has 9 atom stereocenters. The Kier molecular flexibility index (Phi) is 18.8. The van der Waals surface area contributed by atoms with Gasteiger partial charge in [-0.1, -0.05) is 65.3 Å². The van der Waals surface area contributed by atoms with Crippen LogP contribution in [0.4, 0.5) is 0 Å². The molecule has 0 spiro atoms. The first-order valence-electron chi connectivity index (χ1n) is 24.1. The van der Waals surface area contributed by atoms with E-state index in [1.54, 1.807) is 6.92 Å². The fraction of sp³-hybridized carbons (Fsp3) is 0.694. The van der Waals surface area contributed by atoms with Gasteiger partial charge in [0.15, 0.2) is 23.2 Å². The van der Waals surface area contributed by atoms with E-state index in [0.717, 1.165) is 37.7 Å². The van der Waals surface area contributed by atoms with Crippen LogP contribution in [-0.2, 0) is 34.9 Å². The molecule has 2 aromatic rings. The molecule has 2 heterocycles. The van der Waals surface area contributed by atoms with E-state index in [9.17, 15) is 24.0 Å². The van der Waals surface area contributed by atoms with Crippen molar-refractivity contribution in [3.05, 3.63) is 47.8 Å². The second-order valence-electron chi connectivity index (χ2n) is 19.7. The standard InChI is InChI=1S/C49H76BN7O7/c1-7-8-13-33-16-18-34(19-17-33)45-54-29-36(30-55-45)40(58)26-35(20-23-53)47(62)57-38(14-9-11-21-51)41(59)24-31(2)46(61)56-39(15-10-12-22-52)42(60)25-32(3)50-63-44-28-37-27-43(48(37,4)5)49(44,6)64-50/h16-19,29-32,35,37-39,43-44H,7-15,20-28,51-53H2,1-6H3,(H,56,61)(H,57,62)/t31-,32-,35-,37+,38+,39+,43+,44-,49+/m1/s1. The average molecular weight is 886 g/mol. The third-order valence-corrected chi connectivity index (χ3v) is 14.5. The molecule has 2 bridgehead atoms. The smallest absolute Gasteiger partial charge is 0.405 e. The zero-order valence-corrected chi connectivity index (χ0v) is 39.4. The largest absolute Gasteiger partial charge is 0.461 e. The number of nitrogens with zero attached hydrogens (tertiary/aromatic N) is 2. The number of benzene rings is 1. The van der Waals surface area contributed by atoms with Crippen molar-refractivity contribution in [2.45, 2.75) is 167 Å². The van der Waals surface area contributed by atoms with Gasteiger partial charge >= 0.3 is 7.12 Å². The van der Waals surface area contributed by atoms with Crippen LogP contribution in [-0.4, -0.2) is 89.7 Å². The average Bonchev–Trinajstić information content (AvgIpc) is 3.65. The molecule has 6 rings (SSSR count). The lowest BCUT2D eigenvalue weighted by molar-refractivity contribution is -0.199. The molecule has 4 fully saturated rings. The highest BCUT2D eigenvalue weighted by molar-refractivity contribution is 6.47. The topological polar surface area (TPSA) is 232 Å². The Morgan fingerprint density at radius 1 is 0.781 bits per heavy atom. The summed E-state index contributed by atoms with van der Waals surface area (Å²) in [6.07, 6.45) is 11.7. The van der Waals surface area contributed by atoms with Gasteiger partial charge in [0.05, 0.1) is 29.4 Å². The molecule has 352 valence electrons. The summed E-state index contributed by atoms with van der Waals surface area (Å²) in [7, 11) is -0.510. The number of rotatable bonds is 28. The van der Waals surface area contributed by atoms with Crippen LogP contribution in [0.25, 0.3) is 11.4 Å². The van der Waals surface area contributed by atoms with Crippen molar-refractivity contribution in [2.24, 2.45) is 46.3 Å². The normalized spacial score (nSPS) is 23.2. The minimum atomic E-state index is -0.906. The van der Waals surface area contributed by atoms with E-state index in [0.29, 0.717) is 69.3 Å². The van der Waals surface area contributed by atoms with Gasteiger partial charge < -0.3 is 37.1 Å². The van der Waals surface area contributed by atoms with E-state index in [1.807, 2.05) is 19.1 Å². The molecule has 1 aromatic heterocycles. The fourth-order valence-corrected chi connectivity index (χ4v) is 10.1. The zero-order chi connectivity index (χ0) is 46.6. The molecule has 3 saturated carbocycles. The summed E-state index contributed by atoms with van der Waals surface area (Å²) < 4.78 is 13.1. The Labute approximate surface area is 381 Å². The van der Waals surface area contributed by atoms with E-state index in [1.165, 1.54) is 18.0 Å². The van der Waals surface area contributed by atoms with Crippen LogP contribution in [0.3, 0.4) is 0 Å². The summed E-state index contributed by atoms with van der Waals surface area (Å²) in [5.41, 5.74) is 19.6. The monoisotopic (exact) mass is 886 g/mol. The lowest BCUT2D eigenvalue weighted by Crippen LogP contribution is -2.65. The van der Waals surface area contributed by atoms with Gasteiger partial charge in [-0.3, -0.25) is 24.0 Å². The van der Waals surface area contributed by atoms with Gasteiger partial charge in [0.2, 0.25) is 11.8 Å². The molecule has 0 unspecified atom stereocenters. The van der Waals surface area contributed by atoms with Gasteiger partial charge in [-0.05, 0) is 126 Å². The highest BCUT2D eigenvalue weighted by Gasteiger charge is 2.68. The van der Waals surface area contributed by atoms with Gasteiger partial charge in [0, 0.05) is 49.1 Å². The summed E-state index contributed by atoms with van der Waals surface area (Å²) in [5.74, 6) is -1.93. The Bertz CT molecular complexity index is 1880. The van der Waals surface area contributed by atoms with Crippen molar-refractivity contribution in [1.29, 1.82) is 0 Å². The Morgan fingerprint density at radius 3 is 1.97 bits per heavy atom. The molecular weight excluding hydrogens is 809 g/mol. The number of Topliss-reactive ketones (excluding diaryl/α,β-unsaturated/α-hetero) is 3. The Morgan fingerprint density at radius 2 is 1.39 bits per heavy atom. The Hall–Kier alpha value is -3.89. The van der Waals surface area contributed by atoms with Gasteiger partial charge in [-0.2, -0.15) is 0 Å². The van der Waals surface area contributed by atoms with Gasteiger partial charge in [0.25, 0.3) is 0 Å². The summed E-state index contributed by atoms with van der Waals surface area (Å²) in [6, 6.07) is 6.41. The molecular formula is C49H76BN7O7. The van der Waals surface area contributed by atoms with Gasteiger partial charge in [-0.15, -0.1) is 0 Å². The molecule has 1 aliphatic heterocycles. The summed E-state index contributed by atoms with van der Waals surface area (Å²) >= 11 is 0. The number of hydrogen-bond donors (Lipinski definition) is 5. The first-order valence-corrected chi connectivity index (χ1v) is 24.1. The van der Waals surface area contributed by atoms with E-state index in [4.69, 9.17) is 26.5 Å². The van der Waals surface area contributed by atoms with Crippen LogP contribution in [0, 0.1) is 29.1 Å². The number of aromatic nitrogens is 2. The number of amides is 2. The minimum absolute atomic E-state index is 0.00542. The van der Waals surface area contributed by atoms with Crippen molar-refractivity contribution in [3.63, 3.8) is 0 Å². The number of aryl methyl sites for hydroxylation is 1. The van der Waals surface area contributed by atoms with E-state index < -0.39 is 42.9 Å². The molecule has 4 aliphatic rings. The van der Waals surface area contributed by atoms with Crippen LogP contribution >= 0.6 is 0 Å². The number of unbranched alkanes of at least 4 members (excludes halogenated alkanes) is 3. The number of ketones is 3. The van der Waals surface area contributed by atoms with Crippen LogP contribution in [0.15, 0.2) is 36.7 Å². The lowest BCUT2D eigenvalue weighted by atomic mass is 9.43. The summed E-state index contributed by atoms with van der Waals surface area (Å²) in [6.45, 7) is 13.6. The maximum Gasteiger partial charge on any atom is 0.461 e. The second kappa shape index (κ2) is 23.5. The molecule has 1 aromatic carbocycles. The minimum Gasteiger partial charge on any atom is -0.405 e. The highest BCUT2D eigenvalue weighted by atomic mass is 16.7. The molecule has 3 aliphatic carbocycles. The SMILES string of the molecule is CCCCc1ccc(-c2ncc(C(=O)C[C@@H](CCN)C(=O)N[C@@H](CCCCN)C(=O)C[C@@H](C)C(=O)N[C@@H](CCCCN)C(=O)C[C@@H](C)B3O[C@@H]4C[C@@H]5C[C@@H](C5(C)C)[C@]4(C)O3)cn2)cc1. The van der Waals surface area contributed by atoms with Crippen LogP contribution in [0.2, 0.25) is 5.82 Å². The Balaban J connectivity index is 1.17. The molecule has 0 radical (unpaired) electrons. The predicted molar refractivity (Wildman–Crippen MR) is 250 cm³/mol. The third-order valence-electron chi connectivity index (χ3n) is 14.5. The van der Waals surface area contributed by atoms with Crippen LogP contribution < -0.4 is 27.8 Å². The number of nitrogens with one attached hydrogen (secondary N) is 2. The maximum absolute atomic E-state index is 13.9. The number of nitrogens with two attached hydrogens (primary N) is 3. The number of hydrogen-bond acceptors (Lipinski definition) is 12. The first kappa shape index (κ1) is 51.1. The highest BCUT2D eigenvalue weighted by Crippen LogP contribution is 2.66.